The highest BCUT2D eigenvalue weighted by molar-refractivity contribution is 6.21. The van der Waals surface area contributed by atoms with Crippen LogP contribution in [0.25, 0.3) is 0 Å². The number of carbonyl (C=O) groups excluding carboxylic acids is 4. The lowest BCUT2D eigenvalue weighted by molar-refractivity contribution is -0.153. The number of hydrogen-bond acceptors (Lipinski definition) is 6. The number of fused-ring (bicyclic) bond motifs is 2. The van der Waals surface area contributed by atoms with Gasteiger partial charge < -0.3 is 19.6 Å². The molecule has 1 saturated carbocycles. The van der Waals surface area contributed by atoms with Crippen molar-refractivity contribution in [1.82, 2.24) is 14.7 Å². The first-order valence-electron chi connectivity index (χ1n) is 14.8. The molecule has 2 aromatic carbocycles. The number of hydrogen-bond donors (Lipinski definition) is 1. The van der Waals surface area contributed by atoms with Crippen LogP contribution >= 0.6 is 0 Å². The molecule has 4 amide bonds. The van der Waals surface area contributed by atoms with Crippen LogP contribution in [0.15, 0.2) is 42.5 Å². The normalized spacial score (nSPS) is 25.3. The largest absolute Gasteiger partial charge is 0.488 e. The maximum Gasteiger partial charge on any atom is 0.307 e. The Morgan fingerprint density at radius 1 is 0.905 bits per heavy atom. The Balaban J connectivity index is 1.37. The average molecular weight is 574 g/mol. The number of ether oxygens (including phenoxy) is 1. The molecule has 6 rings (SSSR count). The van der Waals surface area contributed by atoms with Crippen molar-refractivity contribution >= 4 is 29.6 Å². The van der Waals surface area contributed by atoms with E-state index in [0.29, 0.717) is 62.2 Å². The number of benzene rings is 2. The van der Waals surface area contributed by atoms with Gasteiger partial charge in [0.15, 0.2) is 0 Å². The molecule has 10 nitrogen and oxygen atoms in total. The van der Waals surface area contributed by atoms with Gasteiger partial charge in [-0.2, -0.15) is 0 Å². The van der Waals surface area contributed by atoms with Crippen molar-refractivity contribution < 1.29 is 33.8 Å². The van der Waals surface area contributed by atoms with Gasteiger partial charge in [0, 0.05) is 32.0 Å². The van der Waals surface area contributed by atoms with Gasteiger partial charge in [0.05, 0.1) is 42.1 Å². The van der Waals surface area contributed by atoms with Gasteiger partial charge in [0.2, 0.25) is 11.8 Å². The number of carboxylic acid groups (broad SMARTS) is 1. The summed E-state index contributed by atoms with van der Waals surface area (Å²) in [5.41, 5.74) is 2.35. The Morgan fingerprint density at radius 3 is 2.24 bits per heavy atom. The van der Waals surface area contributed by atoms with Crippen LogP contribution in [0.4, 0.5) is 0 Å². The second-order valence-electron chi connectivity index (χ2n) is 11.7. The minimum absolute atomic E-state index is 0.0167. The number of carboxylic acids is 1. The molecule has 2 aromatic rings. The van der Waals surface area contributed by atoms with Crippen molar-refractivity contribution in [2.75, 3.05) is 26.2 Å². The highest BCUT2D eigenvalue weighted by Crippen LogP contribution is 2.42. The smallest absolute Gasteiger partial charge is 0.307 e. The molecular formula is C32H35N3O7. The minimum Gasteiger partial charge on any atom is -0.488 e. The Labute approximate surface area is 244 Å². The van der Waals surface area contributed by atoms with Gasteiger partial charge >= 0.3 is 5.97 Å². The lowest BCUT2D eigenvalue weighted by atomic mass is 9.77. The zero-order valence-electron chi connectivity index (χ0n) is 23.7. The number of aliphatic carboxylic acids is 1. The first-order valence-corrected chi connectivity index (χ1v) is 14.8. The fourth-order valence-corrected chi connectivity index (χ4v) is 7.10. The third kappa shape index (κ3) is 4.92. The number of nitrogens with zero attached hydrogens (tertiary/aromatic N) is 3. The summed E-state index contributed by atoms with van der Waals surface area (Å²) in [7, 11) is 0. The van der Waals surface area contributed by atoms with Crippen LogP contribution in [0.3, 0.4) is 0 Å². The van der Waals surface area contributed by atoms with E-state index in [2.05, 4.69) is 0 Å². The van der Waals surface area contributed by atoms with Gasteiger partial charge in [-0.25, -0.2) is 0 Å². The molecule has 1 N–H and O–H groups in total. The van der Waals surface area contributed by atoms with E-state index in [1.807, 2.05) is 18.2 Å². The Kier molecular flexibility index (Phi) is 7.47. The van der Waals surface area contributed by atoms with Crippen molar-refractivity contribution in [1.29, 1.82) is 0 Å². The fourth-order valence-electron chi connectivity index (χ4n) is 7.10. The Bertz CT molecular complexity index is 1420. The van der Waals surface area contributed by atoms with Crippen LogP contribution in [0.1, 0.15) is 76.9 Å². The van der Waals surface area contributed by atoms with Gasteiger partial charge in [-0.1, -0.05) is 37.1 Å². The molecular weight excluding hydrogens is 538 g/mol. The van der Waals surface area contributed by atoms with Crippen LogP contribution in [0.2, 0.25) is 0 Å². The van der Waals surface area contributed by atoms with Gasteiger partial charge in [-0.3, -0.25) is 28.9 Å². The third-order valence-corrected chi connectivity index (χ3v) is 9.29. The van der Waals surface area contributed by atoms with Crippen molar-refractivity contribution in [3.05, 3.63) is 64.7 Å². The van der Waals surface area contributed by atoms with E-state index in [1.165, 1.54) is 11.8 Å². The van der Waals surface area contributed by atoms with Crippen molar-refractivity contribution in [3.8, 4) is 5.75 Å². The molecule has 2 fully saturated rings. The van der Waals surface area contributed by atoms with Crippen molar-refractivity contribution in [2.45, 2.75) is 57.6 Å². The summed E-state index contributed by atoms with van der Waals surface area (Å²) in [6.07, 6.45) is 3.43. The molecule has 3 heterocycles. The molecule has 10 heteroatoms. The second kappa shape index (κ2) is 11.2. The van der Waals surface area contributed by atoms with E-state index in [0.717, 1.165) is 24.0 Å². The molecule has 4 aliphatic rings. The quantitative estimate of drug-likeness (QED) is 0.526. The maximum absolute atomic E-state index is 14.2. The number of carbonyl (C=O) groups is 5. The van der Waals surface area contributed by atoms with Crippen molar-refractivity contribution in [3.63, 3.8) is 0 Å². The SMILES string of the molecule is CC(=O)N1CC[C@H](Oc2cccc3c2[C@@H](CN2C(=O)c4ccccc4C2=O)N(C(=O)C2CCCC[C@H]2C(=O)O)CC3)C1. The maximum atomic E-state index is 14.2. The van der Waals surface area contributed by atoms with E-state index >= 15 is 0 Å². The molecule has 0 bridgehead atoms. The number of rotatable bonds is 6. The molecule has 42 heavy (non-hydrogen) atoms. The Hall–Kier alpha value is -4.21. The lowest BCUT2D eigenvalue weighted by Gasteiger charge is -2.42. The molecule has 1 unspecified atom stereocenters. The van der Waals surface area contributed by atoms with Crippen LogP contribution in [0, 0.1) is 11.8 Å². The number of amides is 4. The van der Waals surface area contributed by atoms with Crippen LogP contribution in [0.5, 0.6) is 5.75 Å². The van der Waals surface area contributed by atoms with Crippen LogP contribution in [-0.2, 0) is 20.8 Å². The summed E-state index contributed by atoms with van der Waals surface area (Å²) in [4.78, 5) is 69.7. The highest BCUT2D eigenvalue weighted by Gasteiger charge is 2.45. The number of imide groups is 1. The first kappa shape index (κ1) is 27.9. The fraction of sp³-hybridized carbons (Fsp3) is 0.469. The molecule has 0 aromatic heterocycles. The topological polar surface area (TPSA) is 125 Å². The van der Waals surface area contributed by atoms with E-state index in [4.69, 9.17) is 4.74 Å². The summed E-state index contributed by atoms with van der Waals surface area (Å²) in [5.74, 6) is -2.96. The van der Waals surface area contributed by atoms with E-state index in [9.17, 15) is 29.1 Å². The molecule has 220 valence electrons. The predicted octanol–water partition coefficient (Wildman–Crippen LogP) is 3.30. The first-order chi connectivity index (χ1) is 20.2. The third-order valence-electron chi connectivity index (χ3n) is 9.29. The second-order valence-corrected chi connectivity index (χ2v) is 11.7. The van der Waals surface area contributed by atoms with Crippen LogP contribution in [-0.4, -0.2) is 81.7 Å². The molecule has 3 aliphatic heterocycles. The van der Waals surface area contributed by atoms with Crippen molar-refractivity contribution in [2.24, 2.45) is 11.8 Å². The van der Waals surface area contributed by atoms with Crippen LogP contribution < -0.4 is 4.74 Å². The monoisotopic (exact) mass is 573 g/mol. The summed E-state index contributed by atoms with van der Waals surface area (Å²) < 4.78 is 6.48. The van der Waals surface area contributed by atoms with Gasteiger partial charge in [-0.05, 0) is 43.0 Å². The molecule has 4 atom stereocenters. The van der Waals surface area contributed by atoms with E-state index in [-0.39, 0.29) is 24.5 Å². The number of likely N-dealkylation sites (tertiary alicyclic amines) is 1. The zero-order valence-corrected chi connectivity index (χ0v) is 23.7. The van der Waals surface area contributed by atoms with Gasteiger partial charge in [0.1, 0.15) is 11.9 Å². The van der Waals surface area contributed by atoms with Gasteiger partial charge in [-0.15, -0.1) is 0 Å². The predicted molar refractivity (Wildman–Crippen MR) is 151 cm³/mol. The summed E-state index contributed by atoms with van der Waals surface area (Å²) in [5, 5.41) is 9.93. The molecule has 0 spiro atoms. The standard InChI is InChI=1S/C32H35N3O7/c1-19(36)33-15-14-21(17-33)42-27-12-6-7-20-13-16-34(29(37)24-10-4-5-11-25(24)32(40)41)26(28(20)27)18-35-30(38)22-8-2-3-9-23(22)31(35)39/h2-3,6-9,12,21,24-26H,4-5,10-11,13-18H2,1H3,(H,40,41)/t21-,24?,25+,26+/m0/s1. The lowest BCUT2D eigenvalue weighted by Crippen LogP contribution is -2.50. The zero-order chi connectivity index (χ0) is 29.5. The molecule has 0 radical (unpaired) electrons. The Morgan fingerprint density at radius 2 is 1.60 bits per heavy atom. The minimum atomic E-state index is -0.970. The highest BCUT2D eigenvalue weighted by atomic mass is 16.5. The van der Waals surface area contributed by atoms with Gasteiger partial charge in [0.25, 0.3) is 11.8 Å². The molecule has 1 aliphatic carbocycles. The van der Waals surface area contributed by atoms with E-state index in [1.54, 1.807) is 34.1 Å². The van der Waals surface area contributed by atoms with E-state index < -0.39 is 35.7 Å². The summed E-state index contributed by atoms with van der Waals surface area (Å²) >= 11 is 0. The summed E-state index contributed by atoms with van der Waals surface area (Å²) in [6, 6.07) is 11.7. The summed E-state index contributed by atoms with van der Waals surface area (Å²) in [6.45, 7) is 2.85. The average Bonchev–Trinajstić information content (AvgIpc) is 3.56. The molecule has 1 saturated heterocycles.